The van der Waals surface area contributed by atoms with E-state index in [9.17, 15) is 9.59 Å². The number of anilines is 1. The second-order valence-electron chi connectivity index (χ2n) is 7.44. The van der Waals surface area contributed by atoms with Crippen LogP contribution < -0.4 is 20.2 Å². The van der Waals surface area contributed by atoms with Gasteiger partial charge in [0.05, 0.1) is 12.8 Å². The van der Waals surface area contributed by atoms with Crippen LogP contribution in [-0.2, 0) is 16.2 Å². The second-order valence-corrected chi connectivity index (χ2v) is 7.85. The zero-order valence-corrected chi connectivity index (χ0v) is 20.0. The first-order valence-corrected chi connectivity index (χ1v) is 11.1. The molecule has 0 aromatic heterocycles. The molecule has 2 N–H and O–H groups in total. The summed E-state index contributed by atoms with van der Waals surface area (Å²) in [5.41, 5.74) is 6.10. The molecule has 0 unspecified atom stereocenters. The van der Waals surface area contributed by atoms with Crippen LogP contribution in [0, 0.1) is 13.8 Å². The van der Waals surface area contributed by atoms with Crippen LogP contribution >= 0.6 is 11.6 Å². The first kappa shape index (κ1) is 24.8. The molecule has 0 aliphatic rings. The monoisotopic (exact) mass is 479 g/mol. The summed E-state index contributed by atoms with van der Waals surface area (Å²) in [6.45, 7) is 6.32. The van der Waals surface area contributed by atoms with Gasteiger partial charge in [0, 0.05) is 16.3 Å². The van der Waals surface area contributed by atoms with E-state index in [2.05, 4.69) is 15.8 Å². The van der Waals surface area contributed by atoms with E-state index in [1.807, 2.05) is 57.2 Å². The highest BCUT2D eigenvalue weighted by atomic mass is 35.5. The third kappa shape index (κ3) is 6.59. The maximum atomic E-state index is 12.2. The Morgan fingerprint density at radius 1 is 0.941 bits per heavy atom. The third-order valence-corrected chi connectivity index (χ3v) is 5.28. The molecule has 0 bridgehead atoms. The number of nitrogens with one attached hydrogen (secondary N) is 2. The molecule has 7 nitrogen and oxygen atoms in total. The highest BCUT2D eigenvalue weighted by molar-refractivity contribution is 6.39. The van der Waals surface area contributed by atoms with Crippen LogP contribution in [0.3, 0.4) is 0 Å². The summed E-state index contributed by atoms with van der Waals surface area (Å²) in [4.78, 5) is 24.4. The minimum atomic E-state index is -0.872. The molecule has 0 aliphatic heterocycles. The van der Waals surface area contributed by atoms with Crippen molar-refractivity contribution in [3.8, 4) is 11.5 Å². The molecule has 3 aromatic rings. The van der Waals surface area contributed by atoms with Gasteiger partial charge in [-0.1, -0.05) is 48.0 Å². The Balaban J connectivity index is 1.62. The Morgan fingerprint density at radius 2 is 1.68 bits per heavy atom. The van der Waals surface area contributed by atoms with Crippen LogP contribution in [-0.4, -0.2) is 24.6 Å². The average molecular weight is 480 g/mol. The number of para-hydroxylation sites is 1. The average Bonchev–Trinajstić information content (AvgIpc) is 2.82. The first-order chi connectivity index (χ1) is 16.4. The van der Waals surface area contributed by atoms with Crippen molar-refractivity contribution >= 4 is 35.3 Å². The number of benzene rings is 3. The number of amides is 2. The molecule has 3 rings (SSSR count). The van der Waals surface area contributed by atoms with Gasteiger partial charge in [0.2, 0.25) is 0 Å². The number of aryl methyl sites for hydroxylation is 2. The molecule has 2 amide bonds. The summed E-state index contributed by atoms with van der Waals surface area (Å²) in [5, 5.41) is 7.13. The number of hydrazone groups is 1. The van der Waals surface area contributed by atoms with Crippen molar-refractivity contribution in [3.05, 3.63) is 87.9 Å². The quantitative estimate of drug-likeness (QED) is 0.269. The van der Waals surface area contributed by atoms with Gasteiger partial charge in [0.1, 0.15) is 6.61 Å². The maximum absolute atomic E-state index is 12.2. The first-order valence-electron chi connectivity index (χ1n) is 10.7. The van der Waals surface area contributed by atoms with Crippen molar-refractivity contribution in [2.45, 2.75) is 27.4 Å². The largest absolute Gasteiger partial charge is 0.490 e. The van der Waals surface area contributed by atoms with Crippen molar-refractivity contribution in [2.75, 3.05) is 11.9 Å². The van der Waals surface area contributed by atoms with E-state index in [1.165, 1.54) is 6.21 Å². The molecule has 0 atom stereocenters. The third-order valence-electron chi connectivity index (χ3n) is 4.91. The topological polar surface area (TPSA) is 89.0 Å². The lowest BCUT2D eigenvalue weighted by Crippen LogP contribution is -2.32. The van der Waals surface area contributed by atoms with Crippen LogP contribution in [0.1, 0.15) is 29.2 Å². The van der Waals surface area contributed by atoms with Crippen LogP contribution in [0.5, 0.6) is 11.5 Å². The standard InChI is InChI=1S/C26H26ClN3O4/c1-4-33-23-14-19(12-13-22(23)34-16-20-10-5-6-11-21(20)27)15-28-30-26(32)25(31)29-24-17(2)8-7-9-18(24)3/h5-15H,4,16H2,1-3H3,(H,29,31)(H,30,32). The zero-order chi connectivity index (χ0) is 24.5. The molecule has 0 spiro atoms. The highest BCUT2D eigenvalue weighted by Gasteiger charge is 2.15. The molecule has 0 radical (unpaired) electrons. The van der Waals surface area contributed by atoms with Gasteiger partial charge in [-0.3, -0.25) is 9.59 Å². The number of rotatable bonds is 8. The minimum Gasteiger partial charge on any atom is -0.490 e. The molecule has 0 aliphatic carbocycles. The van der Waals surface area contributed by atoms with Crippen molar-refractivity contribution in [3.63, 3.8) is 0 Å². The van der Waals surface area contributed by atoms with E-state index in [-0.39, 0.29) is 0 Å². The summed E-state index contributed by atoms with van der Waals surface area (Å²) in [6, 6.07) is 18.3. The number of carbonyl (C=O) groups is 2. The predicted octanol–water partition coefficient (Wildman–Crippen LogP) is 5.02. The number of nitrogens with zero attached hydrogens (tertiary/aromatic N) is 1. The molecule has 3 aromatic carbocycles. The molecule has 0 heterocycles. The maximum Gasteiger partial charge on any atom is 0.329 e. The molecular weight excluding hydrogens is 454 g/mol. The smallest absolute Gasteiger partial charge is 0.329 e. The molecule has 176 valence electrons. The van der Waals surface area contributed by atoms with Crippen LogP contribution in [0.25, 0.3) is 0 Å². The summed E-state index contributed by atoms with van der Waals surface area (Å²) < 4.78 is 11.6. The van der Waals surface area contributed by atoms with Gasteiger partial charge in [-0.05, 0) is 61.7 Å². The number of carbonyl (C=O) groups excluding carboxylic acids is 2. The molecule has 0 saturated heterocycles. The van der Waals surface area contributed by atoms with E-state index >= 15 is 0 Å². The van der Waals surface area contributed by atoms with Gasteiger partial charge in [0.15, 0.2) is 11.5 Å². The van der Waals surface area contributed by atoms with Crippen molar-refractivity contribution in [2.24, 2.45) is 5.10 Å². The summed E-state index contributed by atoms with van der Waals surface area (Å²) in [6.07, 6.45) is 1.42. The number of halogens is 1. The van der Waals surface area contributed by atoms with Crippen LogP contribution in [0.15, 0.2) is 65.8 Å². The number of hydrogen-bond acceptors (Lipinski definition) is 5. The summed E-state index contributed by atoms with van der Waals surface area (Å²) >= 11 is 6.19. The van der Waals surface area contributed by atoms with Crippen LogP contribution in [0.4, 0.5) is 5.69 Å². The minimum absolute atomic E-state index is 0.290. The van der Waals surface area contributed by atoms with Gasteiger partial charge in [0.25, 0.3) is 0 Å². The van der Waals surface area contributed by atoms with Crippen molar-refractivity contribution in [1.29, 1.82) is 0 Å². The van der Waals surface area contributed by atoms with E-state index in [1.54, 1.807) is 24.3 Å². The normalized spacial score (nSPS) is 10.7. The SMILES string of the molecule is CCOc1cc(C=NNC(=O)C(=O)Nc2c(C)cccc2C)ccc1OCc1ccccc1Cl. The van der Waals surface area contributed by atoms with Crippen LogP contribution in [0.2, 0.25) is 5.02 Å². The number of hydrogen-bond donors (Lipinski definition) is 2. The summed E-state index contributed by atoms with van der Waals surface area (Å²) in [7, 11) is 0. The summed E-state index contributed by atoms with van der Waals surface area (Å²) in [5.74, 6) is -0.593. The molecule has 34 heavy (non-hydrogen) atoms. The van der Waals surface area contributed by atoms with E-state index in [0.717, 1.165) is 16.7 Å². The number of ether oxygens (including phenoxy) is 2. The second kappa shape index (κ2) is 11.9. The fourth-order valence-corrected chi connectivity index (χ4v) is 3.35. The van der Waals surface area contributed by atoms with E-state index in [4.69, 9.17) is 21.1 Å². The van der Waals surface area contributed by atoms with Gasteiger partial charge in [-0.2, -0.15) is 5.10 Å². The van der Waals surface area contributed by atoms with E-state index in [0.29, 0.717) is 41.0 Å². The van der Waals surface area contributed by atoms with Gasteiger partial charge in [-0.15, -0.1) is 0 Å². The van der Waals surface area contributed by atoms with Gasteiger partial charge < -0.3 is 14.8 Å². The van der Waals surface area contributed by atoms with Crippen molar-refractivity contribution in [1.82, 2.24) is 5.43 Å². The Hall–Kier alpha value is -3.84. The van der Waals surface area contributed by atoms with Gasteiger partial charge >= 0.3 is 11.8 Å². The fraction of sp³-hybridized carbons (Fsp3) is 0.192. The molecule has 0 saturated carbocycles. The fourth-order valence-electron chi connectivity index (χ4n) is 3.16. The van der Waals surface area contributed by atoms with E-state index < -0.39 is 11.8 Å². The van der Waals surface area contributed by atoms with Gasteiger partial charge in [-0.25, -0.2) is 5.43 Å². The zero-order valence-electron chi connectivity index (χ0n) is 19.2. The lowest BCUT2D eigenvalue weighted by Gasteiger charge is -2.13. The Kier molecular flexibility index (Phi) is 8.65. The lowest BCUT2D eigenvalue weighted by atomic mass is 10.1. The Labute approximate surface area is 203 Å². The molecule has 8 heteroatoms. The molecular formula is C26H26ClN3O4. The highest BCUT2D eigenvalue weighted by Crippen LogP contribution is 2.29. The molecule has 0 fully saturated rings. The lowest BCUT2D eigenvalue weighted by molar-refractivity contribution is -0.136. The Bertz CT molecular complexity index is 1190. The van der Waals surface area contributed by atoms with Crippen molar-refractivity contribution < 1.29 is 19.1 Å². The predicted molar refractivity (Wildman–Crippen MR) is 134 cm³/mol. The Morgan fingerprint density at radius 3 is 2.38 bits per heavy atom.